The maximum absolute atomic E-state index is 12.4. The number of carboxylic acid groups (broad SMARTS) is 1. The molecule has 0 aromatic heterocycles. The van der Waals surface area contributed by atoms with Gasteiger partial charge in [0.1, 0.15) is 17.0 Å². The first-order valence-corrected chi connectivity index (χ1v) is 8.75. The molecule has 1 aromatic carbocycles. The Morgan fingerprint density at radius 1 is 1.04 bits per heavy atom. The highest BCUT2D eigenvalue weighted by molar-refractivity contribution is 5.87. The molecule has 1 amide bonds. The molecule has 0 atom stereocenters. The Labute approximate surface area is 148 Å². The van der Waals surface area contributed by atoms with Gasteiger partial charge in [-0.05, 0) is 37.0 Å². The smallest absolute Gasteiger partial charge is 0.329 e. The predicted octanol–water partition coefficient (Wildman–Crippen LogP) is 2.93. The normalized spacial score (nSPS) is 16.6. The lowest BCUT2D eigenvalue weighted by atomic mass is 9.90. The molecule has 2 N–H and O–H groups in total. The van der Waals surface area contributed by atoms with Crippen LogP contribution in [0.15, 0.2) is 18.2 Å². The van der Waals surface area contributed by atoms with Crippen LogP contribution < -0.4 is 14.8 Å². The lowest BCUT2D eigenvalue weighted by Crippen LogP contribution is -2.54. The topological polar surface area (TPSA) is 84.9 Å². The first-order valence-electron chi connectivity index (χ1n) is 8.75. The van der Waals surface area contributed by atoms with Gasteiger partial charge in [-0.1, -0.05) is 25.7 Å². The average molecular weight is 349 g/mol. The van der Waals surface area contributed by atoms with Gasteiger partial charge < -0.3 is 19.9 Å². The number of methoxy groups -OCH3 is 2. The van der Waals surface area contributed by atoms with Crippen molar-refractivity contribution in [2.75, 3.05) is 14.2 Å². The molecule has 1 saturated carbocycles. The molecule has 0 saturated heterocycles. The van der Waals surface area contributed by atoms with Crippen molar-refractivity contribution in [1.29, 1.82) is 0 Å². The standard InChI is InChI=1S/C19H27NO5/c1-24-15-11-14(12-16(13-15)25-2)7-8-17(21)20-19(18(22)23)9-5-3-4-6-10-19/h11-13H,3-10H2,1-2H3,(H,20,21)(H,22,23). The van der Waals surface area contributed by atoms with Gasteiger partial charge in [0.05, 0.1) is 14.2 Å². The van der Waals surface area contributed by atoms with E-state index < -0.39 is 11.5 Å². The summed E-state index contributed by atoms with van der Waals surface area (Å²) >= 11 is 0. The zero-order chi connectivity index (χ0) is 18.3. The van der Waals surface area contributed by atoms with Gasteiger partial charge in [-0.2, -0.15) is 0 Å². The van der Waals surface area contributed by atoms with Crippen molar-refractivity contribution in [2.45, 2.75) is 56.9 Å². The van der Waals surface area contributed by atoms with E-state index >= 15 is 0 Å². The molecule has 0 radical (unpaired) electrons. The van der Waals surface area contributed by atoms with Crippen molar-refractivity contribution in [3.05, 3.63) is 23.8 Å². The summed E-state index contributed by atoms with van der Waals surface area (Å²) in [7, 11) is 3.15. The van der Waals surface area contributed by atoms with E-state index in [0.717, 1.165) is 31.2 Å². The largest absolute Gasteiger partial charge is 0.497 e. The van der Waals surface area contributed by atoms with Crippen LogP contribution in [0.2, 0.25) is 0 Å². The molecule has 0 bridgehead atoms. The third-order valence-electron chi connectivity index (χ3n) is 4.80. The molecule has 1 fully saturated rings. The number of rotatable bonds is 7. The number of hydrogen-bond donors (Lipinski definition) is 2. The molecule has 0 aliphatic heterocycles. The van der Waals surface area contributed by atoms with Gasteiger partial charge in [-0.15, -0.1) is 0 Å². The van der Waals surface area contributed by atoms with Gasteiger partial charge in [0.15, 0.2) is 0 Å². The molecule has 6 nitrogen and oxygen atoms in total. The number of carbonyl (C=O) groups is 2. The molecule has 1 aliphatic rings. The van der Waals surface area contributed by atoms with Gasteiger partial charge in [0.25, 0.3) is 0 Å². The summed E-state index contributed by atoms with van der Waals surface area (Å²) in [6.45, 7) is 0. The van der Waals surface area contributed by atoms with E-state index in [-0.39, 0.29) is 12.3 Å². The maximum atomic E-state index is 12.4. The van der Waals surface area contributed by atoms with Crippen molar-refractivity contribution in [2.24, 2.45) is 0 Å². The quantitative estimate of drug-likeness (QED) is 0.739. The van der Waals surface area contributed by atoms with Gasteiger partial charge in [-0.3, -0.25) is 4.79 Å². The molecule has 0 heterocycles. The van der Waals surface area contributed by atoms with Crippen LogP contribution in [0.4, 0.5) is 0 Å². The fraction of sp³-hybridized carbons (Fsp3) is 0.579. The number of carboxylic acids is 1. The summed E-state index contributed by atoms with van der Waals surface area (Å²) in [5.74, 6) is 0.179. The molecule has 1 aromatic rings. The lowest BCUT2D eigenvalue weighted by Gasteiger charge is -2.29. The summed E-state index contributed by atoms with van der Waals surface area (Å²) in [6, 6.07) is 5.48. The van der Waals surface area contributed by atoms with Crippen LogP contribution in [-0.2, 0) is 16.0 Å². The maximum Gasteiger partial charge on any atom is 0.329 e. The van der Waals surface area contributed by atoms with E-state index in [2.05, 4.69) is 5.32 Å². The Balaban J connectivity index is 2.00. The molecule has 138 valence electrons. The van der Waals surface area contributed by atoms with E-state index in [1.807, 2.05) is 12.1 Å². The first kappa shape index (κ1) is 19.1. The average Bonchev–Trinajstić information content (AvgIpc) is 2.86. The van der Waals surface area contributed by atoms with E-state index in [0.29, 0.717) is 30.8 Å². The number of nitrogens with one attached hydrogen (secondary N) is 1. The van der Waals surface area contributed by atoms with Crippen LogP contribution in [0, 0.1) is 0 Å². The Bertz CT molecular complexity index is 584. The summed E-state index contributed by atoms with van der Waals surface area (Å²) in [4.78, 5) is 24.1. The van der Waals surface area contributed by atoms with Crippen molar-refractivity contribution < 1.29 is 24.2 Å². The summed E-state index contributed by atoms with van der Waals surface area (Å²) in [6.07, 6.45) is 5.44. The molecular formula is C19H27NO5. The minimum absolute atomic E-state index is 0.228. The van der Waals surface area contributed by atoms with Gasteiger partial charge in [-0.25, -0.2) is 4.79 Å². The lowest BCUT2D eigenvalue weighted by molar-refractivity contribution is -0.148. The number of ether oxygens (including phenoxy) is 2. The van der Waals surface area contributed by atoms with E-state index in [1.54, 1.807) is 20.3 Å². The Kier molecular flexibility index (Phi) is 6.67. The Morgan fingerprint density at radius 2 is 1.60 bits per heavy atom. The Morgan fingerprint density at radius 3 is 2.08 bits per heavy atom. The number of aryl methyl sites for hydroxylation is 1. The van der Waals surface area contributed by atoms with E-state index in [9.17, 15) is 14.7 Å². The third-order valence-corrected chi connectivity index (χ3v) is 4.80. The molecule has 1 aliphatic carbocycles. The molecule has 6 heteroatoms. The zero-order valence-corrected chi connectivity index (χ0v) is 15.0. The monoisotopic (exact) mass is 349 g/mol. The second-order valence-corrected chi connectivity index (χ2v) is 6.57. The molecule has 25 heavy (non-hydrogen) atoms. The van der Waals surface area contributed by atoms with E-state index in [1.165, 1.54) is 0 Å². The highest BCUT2D eigenvalue weighted by Crippen LogP contribution is 2.28. The van der Waals surface area contributed by atoms with Crippen LogP contribution in [0.3, 0.4) is 0 Å². The van der Waals surface area contributed by atoms with Crippen LogP contribution in [0.1, 0.15) is 50.5 Å². The third kappa shape index (κ3) is 5.11. The number of benzene rings is 1. The van der Waals surface area contributed by atoms with Crippen LogP contribution in [0.25, 0.3) is 0 Å². The SMILES string of the molecule is COc1cc(CCC(=O)NC2(C(=O)O)CCCCCC2)cc(OC)c1. The first-order chi connectivity index (χ1) is 12.0. The number of carbonyl (C=O) groups excluding carboxylic acids is 1. The molecule has 0 spiro atoms. The van der Waals surface area contributed by atoms with Gasteiger partial charge in [0, 0.05) is 12.5 Å². The summed E-state index contributed by atoms with van der Waals surface area (Å²) in [5.41, 5.74) is -0.198. The zero-order valence-electron chi connectivity index (χ0n) is 15.0. The van der Waals surface area contributed by atoms with Crippen molar-refractivity contribution in [1.82, 2.24) is 5.32 Å². The molecule has 2 rings (SSSR count). The van der Waals surface area contributed by atoms with Gasteiger partial charge >= 0.3 is 5.97 Å². The number of hydrogen-bond acceptors (Lipinski definition) is 4. The van der Waals surface area contributed by atoms with Crippen LogP contribution >= 0.6 is 0 Å². The fourth-order valence-electron chi connectivity index (χ4n) is 3.32. The molecular weight excluding hydrogens is 322 g/mol. The van der Waals surface area contributed by atoms with E-state index in [4.69, 9.17) is 9.47 Å². The highest BCUT2D eigenvalue weighted by atomic mass is 16.5. The van der Waals surface area contributed by atoms with Crippen LogP contribution in [0.5, 0.6) is 11.5 Å². The summed E-state index contributed by atoms with van der Waals surface area (Å²) in [5, 5.41) is 12.4. The van der Waals surface area contributed by atoms with Gasteiger partial charge in [0.2, 0.25) is 5.91 Å². The van der Waals surface area contributed by atoms with Crippen molar-refractivity contribution in [3.8, 4) is 11.5 Å². The second-order valence-electron chi connectivity index (χ2n) is 6.57. The number of amides is 1. The Hall–Kier alpha value is -2.24. The second kappa shape index (κ2) is 8.74. The van der Waals surface area contributed by atoms with Crippen molar-refractivity contribution in [3.63, 3.8) is 0 Å². The van der Waals surface area contributed by atoms with Crippen molar-refractivity contribution >= 4 is 11.9 Å². The summed E-state index contributed by atoms with van der Waals surface area (Å²) < 4.78 is 10.5. The molecule has 0 unspecified atom stereocenters. The minimum Gasteiger partial charge on any atom is -0.497 e. The minimum atomic E-state index is -1.11. The number of aliphatic carboxylic acids is 1. The highest BCUT2D eigenvalue weighted by Gasteiger charge is 2.39. The predicted molar refractivity (Wildman–Crippen MR) is 94.1 cm³/mol. The fourth-order valence-corrected chi connectivity index (χ4v) is 3.32. The van der Waals surface area contributed by atoms with Crippen LogP contribution in [-0.4, -0.2) is 36.7 Å².